The maximum atomic E-state index is 14.1. The summed E-state index contributed by atoms with van der Waals surface area (Å²) in [6.45, 7) is 16.3. The van der Waals surface area contributed by atoms with E-state index in [-0.39, 0.29) is 77.0 Å². The number of aromatic amines is 4. The van der Waals surface area contributed by atoms with E-state index < -0.39 is 47.7 Å². The van der Waals surface area contributed by atoms with Crippen LogP contribution in [-0.2, 0) is 38.0 Å². The Morgan fingerprint density at radius 3 is 1.19 bits per heavy atom. The van der Waals surface area contributed by atoms with Gasteiger partial charge in [-0.3, -0.25) is 19.4 Å². The number of likely N-dealkylation sites (tertiary alicyclic amines) is 4. The van der Waals surface area contributed by atoms with E-state index in [4.69, 9.17) is 48.4 Å². The Kier molecular flexibility index (Phi) is 20.9. The van der Waals surface area contributed by atoms with Crippen molar-refractivity contribution in [3.63, 3.8) is 0 Å². The molecule has 4 aliphatic carbocycles. The molecule has 8 fully saturated rings. The molecule has 6 aromatic carbocycles. The van der Waals surface area contributed by atoms with Gasteiger partial charge in [0.05, 0.1) is 98.2 Å². The molecule has 6 N–H and O–H groups in total. The largest absolute Gasteiger partial charge is 0.453 e. The van der Waals surface area contributed by atoms with Gasteiger partial charge in [-0.25, -0.2) is 39.1 Å². The van der Waals surface area contributed by atoms with Gasteiger partial charge in [0.15, 0.2) is 0 Å². The van der Waals surface area contributed by atoms with E-state index in [9.17, 15) is 28.8 Å². The van der Waals surface area contributed by atoms with Crippen molar-refractivity contribution in [1.29, 1.82) is 0 Å². The van der Waals surface area contributed by atoms with Crippen LogP contribution in [0.15, 0.2) is 146 Å². The zero-order chi connectivity index (χ0) is 82.4. The third-order valence-corrected chi connectivity index (χ3v) is 25.9. The third-order valence-electron chi connectivity index (χ3n) is 25.9. The van der Waals surface area contributed by atoms with Crippen LogP contribution < -0.4 is 10.6 Å². The number of imidazole rings is 4. The van der Waals surface area contributed by atoms with Gasteiger partial charge >= 0.3 is 24.4 Å². The first-order valence-electron chi connectivity index (χ1n) is 41.5. The lowest BCUT2D eigenvalue weighted by Gasteiger charge is -2.37. The Morgan fingerprint density at radius 2 is 0.771 bits per heavy atom. The Bertz CT molecular complexity index is 5450. The fraction of sp³-hybridized carbons (Fsp3) is 0.457. The second-order valence-corrected chi connectivity index (χ2v) is 36.0. The molecule has 118 heavy (non-hydrogen) atoms. The number of fused-ring (bicyclic) bond motifs is 6. The van der Waals surface area contributed by atoms with E-state index in [1.54, 1.807) is 13.8 Å². The number of carbonyl (C=O) groups is 6. The van der Waals surface area contributed by atoms with E-state index in [1.165, 1.54) is 28.4 Å². The SMILES string of the molecule is CC(C)(C)OC(=O)N1CC2(CC2)C[C@H]1c1ncc(-c2ccc3cc(-c4ccc(-c5cnc([C@@H]6[C@H]7CC[C@H](C7)N6C(=O)OC(C)(C)C)[nH]5)cc4)ccc3c2)[nH]1.COC(=O)NC(C(=O)N1CC2(CC2)C[C@H]1c1ncc(-c2ccc3cc(-c4ccc(-c5cnc([C@@H]6[C@H]7CC[C@H](C7)N6C(=O)[C@@H](NC(=O)OC)C(C)OC)[nH]5)cc4)ccc3c2)[nH]1)[C@H](C)OC. The quantitative estimate of drug-likeness (QED) is 0.0435. The fourth-order valence-electron chi connectivity index (χ4n) is 19.2. The van der Waals surface area contributed by atoms with E-state index in [2.05, 4.69) is 152 Å². The molecule has 616 valence electrons. The number of rotatable bonds is 18. The van der Waals surface area contributed by atoms with Crippen molar-refractivity contribution in [2.24, 2.45) is 22.7 Å². The minimum Gasteiger partial charge on any atom is -0.453 e. The van der Waals surface area contributed by atoms with E-state index in [1.807, 2.05) is 85.9 Å². The summed E-state index contributed by atoms with van der Waals surface area (Å²) in [5.41, 5.74) is 11.3. The summed E-state index contributed by atoms with van der Waals surface area (Å²) in [7, 11) is 5.59. The summed E-state index contributed by atoms with van der Waals surface area (Å²) in [5, 5.41) is 9.84. The number of ether oxygens (including phenoxy) is 6. The van der Waals surface area contributed by atoms with Crippen LogP contribution in [0.2, 0.25) is 0 Å². The summed E-state index contributed by atoms with van der Waals surface area (Å²) in [4.78, 5) is 120. The van der Waals surface area contributed by atoms with Gasteiger partial charge < -0.3 is 68.8 Å². The number of alkyl carbamates (subject to hydrolysis) is 2. The molecule has 4 aromatic heterocycles. The number of H-pyrrole nitrogens is 4. The smallest absolute Gasteiger partial charge is 0.411 e. The first-order valence-corrected chi connectivity index (χ1v) is 41.5. The minimum atomic E-state index is -0.899. The molecule has 6 amide bonds. The van der Waals surface area contributed by atoms with Crippen LogP contribution in [0, 0.1) is 22.7 Å². The fourth-order valence-corrected chi connectivity index (χ4v) is 19.2. The topological polar surface area (TPSA) is 310 Å². The molecule has 2 spiro atoms. The number of hydrogen-bond donors (Lipinski definition) is 6. The highest BCUT2D eigenvalue weighted by Crippen LogP contribution is 2.60. The van der Waals surface area contributed by atoms with Gasteiger partial charge in [0.25, 0.3) is 0 Å². The van der Waals surface area contributed by atoms with E-state index in [0.717, 1.165) is 196 Å². The van der Waals surface area contributed by atoms with Crippen LogP contribution in [0.25, 0.3) is 88.8 Å². The number of hydrogen-bond acceptors (Lipinski definition) is 16. The number of benzene rings is 6. The van der Waals surface area contributed by atoms with Gasteiger partial charge in [-0.05, 0) is 234 Å². The molecule has 26 nitrogen and oxygen atoms in total. The first kappa shape index (κ1) is 79.1. The highest BCUT2D eigenvalue weighted by atomic mass is 16.6. The van der Waals surface area contributed by atoms with Crippen LogP contribution >= 0.6 is 0 Å². The maximum absolute atomic E-state index is 14.1. The van der Waals surface area contributed by atoms with Gasteiger partial charge in [0.1, 0.15) is 46.6 Å². The molecule has 18 rings (SSSR count). The average Bonchev–Trinajstić information content (AvgIpc) is 1.58. The van der Waals surface area contributed by atoms with Crippen molar-refractivity contribution in [3.8, 4) is 67.3 Å². The van der Waals surface area contributed by atoms with Crippen LogP contribution in [0.5, 0.6) is 0 Å². The first-order chi connectivity index (χ1) is 56.6. The second-order valence-electron chi connectivity index (χ2n) is 36.0. The molecule has 10 aromatic rings. The van der Waals surface area contributed by atoms with Crippen LogP contribution in [0.1, 0.15) is 180 Å². The number of aromatic nitrogens is 8. The predicted molar refractivity (Wildman–Crippen MR) is 446 cm³/mol. The lowest BCUT2D eigenvalue weighted by atomic mass is 9.96. The molecule has 0 radical (unpaired) electrons. The maximum Gasteiger partial charge on any atom is 0.411 e. The molecular formula is C92H106N14O12. The zero-order valence-electron chi connectivity index (χ0n) is 69.2. The van der Waals surface area contributed by atoms with Gasteiger partial charge in [0.2, 0.25) is 11.8 Å². The lowest BCUT2D eigenvalue weighted by molar-refractivity contribution is -0.141. The number of piperidine rings is 2. The number of methoxy groups -OCH3 is 4. The highest BCUT2D eigenvalue weighted by Gasteiger charge is 2.58. The van der Waals surface area contributed by atoms with E-state index in [0.29, 0.717) is 12.5 Å². The Hall–Kier alpha value is -11.4. The van der Waals surface area contributed by atoms with Gasteiger partial charge in [-0.1, -0.05) is 97.1 Å². The lowest BCUT2D eigenvalue weighted by Crippen LogP contribution is -2.56. The van der Waals surface area contributed by atoms with Crippen molar-refractivity contribution < 1.29 is 57.2 Å². The predicted octanol–water partition coefficient (Wildman–Crippen LogP) is 17.1. The summed E-state index contributed by atoms with van der Waals surface area (Å²) in [6, 6.07) is 40.5. The van der Waals surface area contributed by atoms with Crippen molar-refractivity contribution in [1.82, 2.24) is 70.1 Å². The molecule has 4 saturated carbocycles. The Labute approximate surface area is 686 Å². The van der Waals surface area contributed by atoms with E-state index >= 15 is 0 Å². The number of amides is 6. The molecule has 2 unspecified atom stereocenters. The minimum absolute atomic E-state index is 0.0684. The molecular weight excluding hydrogens is 1490 g/mol. The zero-order valence-corrected chi connectivity index (χ0v) is 69.2. The molecule has 4 saturated heterocycles. The molecule has 4 aliphatic heterocycles. The molecule has 4 bridgehead atoms. The molecule has 8 aliphatic rings. The number of nitrogens with one attached hydrogen (secondary N) is 6. The van der Waals surface area contributed by atoms with Crippen molar-refractivity contribution in [3.05, 3.63) is 169 Å². The monoisotopic (exact) mass is 1600 g/mol. The average molecular weight is 1600 g/mol. The Balaban J connectivity index is 0.000000171. The van der Waals surface area contributed by atoms with Crippen LogP contribution in [0.3, 0.4) is 0 Å². The standard InChI is InChI=1S/C48H56N8O8.C44H50N6O4/c1-26(61-3)39(53-46(59)63-5)44(57)55-25-48(17-18-48)22-38(55)42-49-24-37(51-42)33-14-13-31-19-30(11-12-32(31)20-33)28-7-9-29(10-8-28)36-23-50-43(52-36)41-34-15-16-35(21-34)56(41)45(58)40(27(2)62-4)54-47(60)64-6;1-42(2,3)53-40(51)49-25-44(17-18-44)22-36(49)38-45-24-35(47-38)31-14-13-29-19-28(11-12-30(29)20-31)26-7-9-27(10-8-26)34-23-46-39(48-34)37-32-15-16-33(21-32)50(37)41(52)54-43(4,5)6/h7-14,19-20,23-24,26-27,34-35,38-41H,15-18,21-22,25H2,1-6H3,(H,49,51)(H,50,52)(H,53,59)(H,54,60);7-14,19-20,23-24,32-33,36-37H,15-18,21-22,25H2,1-6H3,(H,45,47)(H,46,48)/t26-,27?,34-,35+,38-,39?,40-,41-;32-,33+,36-,37-/m00/s1. The second kappa shape index (κ2) is 31.2. The molecule has 12 atom stereocenters. The third kappa shape index (κ3) is 15.8. The van der Waals surface area contributed by atoms with Crippen molar-refractivity contribution in [2.75, 3.05) is 41.5 Å². The Morgan fingerprint density at radius 1 is 0.424 bits per heavy atom. The summed E-state index contributed by atoms with van der Waals surface area (Å²) < 4.78 is 32.2. The van der Waals surface area contributed by atoms with Crippen LogP contribution in [-0.4, -0.2) is 185 Å². The van der Waals surface area contributed by atoms with Crippen LogP contribution in [0.4, 0.5) is 19.2 Å². The van der Waals surface area contributed by atoms with Crippen molar-refractivity contribution >= 4 is 57.7 Å². The summed E-state index contributed by atoms with van der Waals surface area (Å²) >= 11 is 0. The molecule has 8 heterocycles. The number of carbonyl (C=O) groups excluding carboxylic acids is 6. The molecule has 26 heteroatoms. The highest BCUT2D eigenvalue weighted by molar-refractivity contribution is 5.93. The van der Waals surface area contributed by atoms with Gasteiger partial charge in [0, 0.05) is 50.5 Å². The normalized spacial score (nSPS) is 22.8. The number of nitrogens with zero attached hydrogens (tertiary/aromatic N) is 8. The summed E-state index contributed by atoms with van der Waals surface area (Å²) in [6.07, 6.45) is 16.5. The summed E-state index contributed by atoms with van der Waals surface area (Å²) in [5.74, 6) is 3.36. The van der Waals surface area contributed by atoms with Gasteiger partial charge in [-0.2, -0.15) is 0 Å². The van der Waals surface area contributed by atoms with Gasteiger partial charge in [-0.15, -0.1) is 0 Å². The van der Waals surface area contributed by atoms with Crippen molar-refractivity contribution in [2.45, 2.75) is 204 Å².